The lowest BCUT2D eigenvalue weighted by molar-refractivity contribution is -0.113. The fourth-order valence-corrected chi connectivity index (χ4v) is 3.73. The molecule has 0 bridgehead atoms. The average Bonchev–Trinajstić information content (AvgIpc) is 2.92. The van der Waals surface area contributed by atoms with Crippen molar-refractivity contribution in [2.45, 2.75) is 6.42 Å². The Hall–Kier alpha value is -3.32. The largest absolute Gasteiger partial charge is 0.325 e. The second-order valence-electron chi connectivity index (χ2n) is 6.58. The molecule has 0 fully saturated rings. The number of carbonyl (C=O) groups excluding carboxylic acids is 1. The normalized spacial score (nSPS) is 13.0. The number of hydrogen-bond acceptors (Lipinski definition) is 4. The molecule has 0 spiro atoms. The first-order valence-electron chi connectivity index (χ1n) is 9.25. The summed E-state index contributed by atoms with van der Waals surface area (Å²) < 4.78 is 26.6. The molecule has 0 aliphatic carbocycles. The summed E-state index contributed by atoms with van der Waals surface area (Å²) in [4.78, 5) is 21.7. The molecule has 30 heavy (non-hydrogen) atoms. The van der Waals surface area contributed by atoms with Gasteiger partial charge in [0, 0.05) is 12.1 Å². The Morgan fingerprint density at radius 1 is 0.900 bits per heavy atom. The van der Waals surface area contributed by atoms with Gasteiger partial charge in [-0.1, -0.05) is 30.3 Å². The zero-order chi connectivity index (χ0) is 20.9. The van der Waals surface area contributed by atoms with E-state index < -0.39 is 5.82 Å². The minimum absolute atomic E-state index is 0.119. The molecular formula is C23H17F2N3OS. The predicted molar refractivity (Wildman–Crippen MR) is 118 cm³/mol. The zero-order valence-electron chi connectivity index (χ0n) is 15.8. The van der Waals surface area contributed by atoms with Crippen LogP contribution in [-0.2, 0) is 4.79 Å². The molecule has 0 radical (unpaired) electrons. The van der Waals surface area contributed by atoms with E-state index in [0.29, 0.717) is 17.8 Å². The second kappa shape index (κ2) is 9.00. The number of nitrogens with zero attached hydrogens (tertiary/aromatic N) is 2. The van der Waals surface area contributed by atoms with E-state index in [-0.39, 0.29) is 17.5 Å². The Morgan fingerprint density at radius 3 is 2.37 bits per heavy atom. The molecule has 0 saturated carbocycles. The maximum absolute atomic E-state index is 13.3. The number of amides is 1. The quantitative estimate of drug-likeness (QED) is 0.571. The van der Waals surface area contributed by atoms with Crippen LogP contribution < -0.4 is 5.32 Å². The monoisotopic (exact) mass is 421 g/mol. The maximum Gasteiger partial charge on any atom is 0.234 e. The lowest BCUT2D eigenvalue weighted by Gasteiger charge is -2.08. The third-order valence-corrected chi connectivity index (χ3v) is 5.33. The molecule has 4 nitrogen and oxygen atoms in total. The fraction of sp³-hybridized carbons (Fsp3) is 0.0870. The van der Waals surface area contributed by atoms with Crippen molar-refractivity contribution in [2.24, 2.45) is 9.98 Å². The van der Waals surface area contributed by atoms with Crippen LogP contribution in [0.15, 0.2) is 82.8 Å². The second-order valence-corrected chi connectivity index (χ2v) is 7.63. The number of anilines is 1. The van der Waals surface area contributed by atoms with Gasteiger partial charge in [0.05, 0.1) is 27.9 Å². The van der Waals surface area contributed by atoms with Crippen molar-refractivity contribution < 1.29 is 13.6 Å². The summed E-state index contributed by atoms with van der Waals surface area (Å²) in [5.74, 6) is -0.865. The zero-order valence-corrected chi connectivity index (χ0v) is 16.6. The van der Waals surface area contributed by atoms with E-state index in [4.69, 9.17) is 4.99 Å². The summed E-state index contributed by atoms with van der Waals surface area (Å²) in [6, 6.07) is 19.4. The summed E-state index contributed by atoms with van der Waals surface area (Å²) in [5.41, 5.74) is 3.38. The van der Waals surface area contributed by atoms with Gasteiger partial charge in [-0.3, -0.25) is 9.79 Å². The van der Waals surface area contributed by atoms with Crippen molar-refractivity contribution in [2.75, 3.05) is 11.1 Å². The van der Waals surface area contributed by atoms with Crippen LogP contribution in [0.3, 0.4) is 0 Å². The van der Waals surface area contributed by atoms with E-state index in [0.717, 1.165) is 22.0 Å². The minimum atomic E-state index is -0.412. The van der Waals surface area contributed by atoms with Gasteiger partial charge in [-0.25, -0.2) is 13.8 Å². The van der Waals surface area contributed by atoms with E-state index in [9.17, 15) is 13.6 Å². The number of carbonyl (C=O) groups is 1. The van der Waals surface area contributed by atoms with E-state index in [2.05, 4.69) is 10.3 Å². The number of thioether (sulfide) groups is 1. The molecule has 1 heterocycles. The lowest BCUT2D eigenvalue weighted by Crippen LogP contribution is -2.16. The van der Waals surface area contributed by atoms with Crippen LogP contribution >= 0.6 is 11.8 Å². The average molecular weight is 421 g/mol. The molecule has 0 unspecified atom stereocenters. The topological polar surface area (TPSA) is 53.8 Å². The van der Waals surface area contributed by atoms with Gasteiger partial charge in [-0.15, -0.1) is 11.8 Å². The van der Waals surface area contributed by atoms with Crippen molar-refractivity contribution in [3.8, 4) is 0 Å². The first-order chi connectivity index (χ1) is 14.6. The molecule has 0 saturated heterocycles. The fourth-order valence-electron chi connectivity index (χ4n) is 2.96. The number of aliphatic imine (C=N–C) groups is 2. The van der Waals surface area contributed by atoms with E-state index in [1.54, 1.807) is 18.2 Å². The SMILES string of the molecule is O=C(CSC1=Nc2ccccc2N=C(c2ccc(F)cc2)C1)Nc1cccc(F)c1. The Labute approximate surface area is 176 Å². The number of hydrogen-bond donors (Lipinski definition) is 1. The first kappa shape index (κ1) is 20.0. The Morgan fingerprint density at radius 2 is 1.63 bits per heavy atom. The van der Waals surface area contributed by atoms with Crippen LogP contribution in [0.5, 0.6) is 0 Å². The first-order valence-corrected chi connectivity index (χ1v) is 10.2. The van der Waals surface area contributed by atoms with Crippen LogP contribution in [0.4, 0.5) is 25.8 Å². The third kappa shape index (κ3) is 4.99. The highest BCUT2D eigenvalue weighted by Gasteiger charge is 2.17. The van der Waals surface area contributed by atoms with Crippen molar-refractivity contribution >= 4 is 45.5 Å². The predicted octanol–water partition coefficient (Wildman–Crippen LogP) is 5.89. The molecule has 0 atom stereocenters. The van der Waals surface area contributed by atoms with Crippen LogP contribution in [0, 0.1) is 11.6 Å². The molecule has 0 aromatic heterocycles. The van der Waals surface area contributed by atoms with Crippen LogP contribution in [0.25, 0.3) is 0 Å². The van der Waals surface area contributed by atoms with Gasteiger partial charge >= 0.3 is 0 Å². The number of para-hydroxylation sites is 2. The van der Waals surface area contributed by atoms with Gasteiger partial charge in [-0.2, -0.15) is 0 Å². The summed E-state index contributed by atoms with van der Waals surface area (Å²) in [6.07, 6.45) is 0.415. The highest BCUT2D eigenvalue weighted by Crippen LogP contribution is 2.33. The molecule has 4 rings (SSSR count). The summed E-state index contributed by atoms with van der Waals surface area (Å²) >= 11 is 1.30. The van der Waals surface area contributed by atoms with Gasteiger partial charge in [0.15, 0.2) is 0 Å². The maximum atomic E-state index is 13.3. The summed E-state index contributed by atoms with van der Waals surface area (Å²) in [5, 5.41) is 3.40. The van der Waals surface area contributed by atoms with E-state index >= 15 is 0 Å². The molecule has 1 amide bonds. The molecular weight excluding hydrogens is 404 g/mol. The summed E-state index contributed by atoms with van der Waals surface area (Å²) in [7, 11) is 0. The number of halogens is 2. The number of nitrogens with one attached hydrogen (secondary N) is 1. The van der Waals surface area contributed by atoms with E-state index in [1.807, 2.05) is 24.3 Å². The molecule has 3 aromatic rings. The molecule has 1 aliphatic heterocycles. The van der Waals surface area contributed by atoms with Gasteiger partial charge in [0.2, 0.25) is 5.91 Å². The van der Waals surface area contributed by atoms with Crippen molar-refractivity contribution in [1.29, 1.82) is 0 Å². The molecule has 3 aromatic carbocycles. The van der Waals surface area contributed by atoms with Gasteiger partial charge in [0.1, 0.15) is 11.6 Å². The molecule has 7 heteroatoms. The standard InChI is InChI=1S/C23H17F2N3OS/c24-16-10-8-15(9-11-16)21-13-23(28-20-7-2-1-6-19(20)27-21)30-14-22(29)26-18-5-3-4-17(25)12-18/h1-12H,13-14H2,(H,26,29). The molecule has 150 valence electrons. The number of fused-ring (bicyclic) bond motifs is 1. The Kier molecular flexibility index (Phi) is 5.99. The van der Waals surface area contributed by atoms with Crippen molar-refractivity contribution in [1.82, 2.24) is 0 Å². The third-order valence-electron chi connectivity index (χ3n) is 4.36. The molecule has 1 aliphatic rings. The highest BCUT2D eigenvalue weighted by molar-refractivity contribution is 8.14. The minimum Gasteiger partial charge on any atom is -0.325 e. The Balaban J connectivity index is 1.52. The van der Waals surface area contributed by atoms with Gasteiger partial charge < -0.3 is 5.32 Å². The van der Waals surface area contributed by atoms with Crippen LogP contribution in [-0.4, -0.2) is 22.4 Å². The van der Waals surface area contributed by atoms with E-state index in [1.165, 1.54) is 42.1 Å². The van der Waals surface area contributed by atoms with Gasteiger partial charge in [0.25, 0.3) is 0 Å². The van der Waals surface area contributed by atoms with Crippen LogP contribution in [0.1, 0.15) is 12.0 Å². The van der Waals surface area contributed by atoms with Crippen molar-refractivity contribution in [3.63, 3.8) is 0 Å². The smallest absolute Gasteiger partial charge is 0.234 e. The van der Waals surface area contributed by atoms with Gasteiger partial charge in [-0.05, 0) is 48.0 Å². The van der Waals surface area contributed by atoms with Crippen LogP contribution in [0.2, 0.25) is 0 Å². The molecule has 1 N–H and O–H groups in total. The summed E-state index contributed by atoms with van der Waals surface area (Å²) in [6.45, 7) is 0. The number of benzene rings is 3. The lowest BCUT2D eigenvalue weighted by atomic mass is 10.1. The Bertz CT molecular complexity index is 1140. The number of rotatable bonds is 4. The highest BCUT2D eigenvalue weighted by atomic mass is 32.2. The van der Waals surface area contributed by atoms with Crippen molar-refractivity contribution in [3.05, 3.63) is 90.0 Å².